The molecular weight excluding hydrogens is 1630 g/mol. The fourth-order valence-electron chi connectivity index (χ4n) is 13.5. The van der Waals surface area contributed by atoms with Gasteiger partial charge in [-0.25, -0.2) is 59.8 Å². The van der Waals surface area contributed by atoms with Gasteiger partial charge in [0.25, 0.3) is 0 Å². The van der Waals surface area contributed by atoms with Crippen LogP contribution in [0.5, 0.6) is 11.5 Å². The van der Waals surface area contributed by atoms with E-state index >= 15 is 0 Å². The molecule has 10 heterocycles. The van der Waals surface area contributed by atoms with Gasteiger partial charge in [-0.2, -0.15) is 5.10 Å². The van der Waals surface area contributed by atoms with Crippen molar-refractivity contribution >= 4 is 121 Å². The summed E-state index contributed by atoms with van der Waals surface area (Å²) in [6.07, 6.45) is 24.0. The van der Waals surface area contributed by atoms with E-state index in [1.165, 1.54) is 35.8 Å². The third kappa shape index (κ3) is 23.3. The molecule has 0 saturated carbocycles. The number of imidazole rings is 4. The van der Waals surface area contributed by atoms with Crippen LogP contribution in [0.1, 0.15) is 40.3 Å². The van der Waals surface area contributed by atoms with Gasteiger partial charge < -0.3 is 71.3 Å². The van der Waals surface area contributed by atoms with E-state index in [0.29, 0.717) is 95.2 Å². The number of halogens is 2. The van der Waals surface area contributed by atoms with Gasteiger partial charge in [-0.15, -0.1) is 0 Å². The summed E-state index contributed by atoms with van der Waals surface area (Å²) < 4.78 is 30.4. The number of para-hydroxylation sites is 4. The first kappa shape index (κ1) is 87.5. The molecule has 0 aliphatic carbocycles. The predicted octanol–water partition coefficient (Wildman–Crippen LogP) is 18.7. The maximum atomic E-state index is 6.36. The minimum Gasteiger partial charge on any atom is -0.491 e. The molecule has 34 heteroatoms. The van der Waals surface area contributed by atoms with Crippen LogP contribution in [0, 0.1) is 41.5 Å². The second-order valence-corrected chi connectivity index (χ2v) is 29.8. The Morgan fingerprint density at radius 3 is 0.984 bits per heavy atom. The van der Waals surface area contributed by atoms with E-state index < -0.39 is 0 Å². The highest BCUT2D eigenvalue weighted by atomic mass is 35.5. The van der Waals surface area contributed by atoms with Gasteiger partial charge in [0.2, 0.25) is 23.8 Å². The normalized spacial score (nSPS) is 11.7. The summed E-state index contributed by atoms with van der Waals surface area (Å²) in [5.41, 5.74) is 15.3. The van der Waals surface area contributed by atoms with Gasteiger partial charge in [0.15, 0.2) is 0 Å². The van der Waals surface area contributed by atoms with Crippen molar-refractivity contribution in [3.8, 4) is 34.8 Å². The Balaban J connectivity index is 0.000000137. The Kier molecular flexibility index (Phi) is 29.7. The number of methoxy groups -OCH3 is 2. The molecule has 1 aliphatic heterocycles. The van der Waals surface area contributed by atoms with E-state index in [2.05, 4.69) is 206 Å². The van der Waals surface area contributed by atoms with Crippen molar-refractivity contribution < 1.29 is 18.9 Å². The fourth-order valence-corrected chi connectivity index (χ4v) is 14.0. The smallest absolute Gasteiger partial charge is 0.213 e. The first-order valence-corrected chi connectivity index (χ1v) is 41.5. The molecule has 17 rings (SSSR count). The maximum Gasteiger partial charge on any atom is 0.213 e. The summed E-state index contributed by atoms with van der Waals surface area (Å²) in [4.78, 5) is 57.7. The Hall–Kier alpha value is -14.8. The Morgan fingerprint density at radius 2 is 0.667 bits per heavy atom. The predicted molar refractivity (Wildman–Crippen MR) is 499 cm³/mol. The van der Waals surface area contributed by atoms with Crippen LogP contribution in [0.2, 0.25) is 10.0 Å². The topological polar surface area (TPSA) is 332 Å². The molecule has 7 aromatic carbocycles. The highest BCUT2D eigenvalue weighted by Gasteiger charge is 2.20. The summed E-state index contributed by atoms with van der Waals surface area (Å²) in [7, 11) is 5.16. The molecule has 1 aliphatic rings. The second-order valence-electron chi connectivity index (χ2n) is 29.0. The van der Waals surface area contributed by atoms with Crippen LogP contribution in [-0.4, -0.2) is 166 Å². The Morgan fingerprint density at radius 1 is 0.349 bits per heavy atom. The minimum absolute atomic E-state index is 0.507. The zero-order chi connectivity index (χ0) is 87.7. The van der Waals surface area contributed by atoms with Crippen molar-refractivity contribution in [1.82, 2.24) is 92.8 Å². The van der Waals surface area contributed by atoms with Crippen LogP contribution in [0.25, 0.3) is 23.3 Å². The van der Waals surface area contributed by atoms with Crippen molar-refractivity contribution in [3.05, 3.63) is 301 Å². The monoisotopic (exact) mass is 1730 g/mol. The average Bonchev–Trinajstić information content (AvgIpc) is 1.65. The molecule has 0 atom stereocenters. The average molecular weight is 1730 g/mol. The van der Waals surface area contributed by atoms with E-state index in [-0.39, 0.29) is 0 Å². The number of hydrogen-bond acceptors (Lipinski definition) is 27. The molecule has 32 nitrogen and oxygen atoms in total. The highest BCUT2D eigenvalue weighted by Crippen LogP contribution is 2.34. The lowest BCUT2D eigenvalue weighted by atomic mass is 10.1. The van der Waals surface area contributed by atoms with Crippen LogP contribution in [0.3, 0.4) is 0 Å². The summed E-state index contributed by atoms with van der Waals surface area (Å²) in [6, 6.07) is 55.3. The third-order valence-electron chi connectivity index (χ3n) is 20.2. The third-order valence-corrected chi connectivity index (χ3v) is 20.8. The van der Waals surface area contributed by atoms with Gasteiger partial charge in [0.1, 0.15) is 96.6 Å². The number of hydrogen-bond donors (Lipinski definition) is 8. The Bertz CT molecular complexity index is 5940. The number of likely N-dealkylation sites (N-methyl/N-ethyl adjacent to an activating group) is 1. The van der Waals surface area contributed by atoms with Gasteiger partial charge in [-0.05, 0) is 166 Å². The zero-order valence-corrected chi connectivity index (χ0v) is 73.0. The molecule has 8 N–H and O–H groups in total. The molecule has 9 aromatic heterocycles. The number of aryl methyl sites for hydroxylation is 7. The molecule has 0 radical (unpaired) electrons. The van der Waals surface area contributed by atoms with Gasteiger partial charge in [-0.3, -0.25) is 23.0 Å². The summed E-state index contributed by atoms with van der Waals surface area (Å²) in [5.74, 6) is 9.64. The van der Waals surface area contributed by atoms with Gasteiger partial charge in [-0.1, -0.05) is 90.8 Å². The van der Waals surface area contributed by atoms with Crippen LogP contribution in [0.15, 0.2) is 257 Å². The largest absolute Gasteiger partial charge is 0.491 e. The molecule has 0 spiro atoms. The number of piperazine rings is 1. The number of nitrogens with zero attached hydrogens (tertiary/aromatic N) is 20. The zero-order valence-electron chi connectivity index (χ0n) is 71.4. The van der Waals surface area contributed by atoms with Crippen LogP contribution >= 0.6 is 23.2 Å². The van der Waals surface area contributed by atoms with Crippen molar-refractivity contribution in [3.63, 3.8) is 0 Å². The summed E-state index contributed by atoms with van der Waals surface area (Å²) in [5, 5.41) is 32.1. The summed E-state index contributed by atoms with van der Waals surface area (Å²) in [6.45, 7) is 22.2. The molecule has 0 bridgehead atoms. The SMILES string of the molecule is CCN1CCN(c2ccc(Nc3cc(-n4ccnc4Nc4c(C)cccc4C)ncn3)cc2)CC1.COCCOc1ccc(Nc2cc(-n3ccnc3Nc3c(C)cccc3C)ncn2)cc1.COCCOc1ccc(Nc2cc(-n3ccnc3Nc3c(C)cccc3Cl)ncn2)cc1.Cc1cccc(Cl)c1Nc1nccn1-c1cc(Nc2cnn(C)c2)ncn1. The molecular formula is C92H98Cl2N28O4. The van der Waals surface area contributed by atoms with E-state index in [4.69, 9.17) is 42.1 Å². The fraction of sp³-hybridized carbons (Fsp3) is 0.207. The van der Waals surface area contributed by atoms with Gasteiger partial charge >= 0.3 is 0 Å². The molecule has 126 heavy (non-hydrogen) atoms. The van der Waals surface area contributed by atoms with Crippen molar-refractivity contribution in [1.29, 1.82) is 0 Å². The number of anilines is 17. The number of ether oxygens (including phenoxy) is 4. The van der Waals surface area contributed by atoms with Gasteiger partial charge in [0.05, 0.1) is 46.5 Å². The lowest BCUT2D eigenvalue weighted by Gasteiger charge is -2.35. The number of rotatable bonds is 30. The lowest BCUT2D eigenvalue weighted by Crippen LogP contribution is -2.46. The standard InChI is InChI=1S/C27H32N8.C24H26N6O2.C23H23ClN6O2.C18H17ClN8/c1-4-33-14-16-34(17-15-33)23-10-8-22(9-11-23)31-24-18-25(30-19-29-24)35-13-12-28-27(35)32-26-20(2)6-5-7-21(26)3;1-17-5-4-6-18(2)23(17)29-24-25-11-12-30(24)22-15-21(26-16-27-22)28-19-7-9-20(10-8-19)32-14-13-31-3;1-16-4-3-5-19(24)22(16)29-23-25-10-11-30(23)21-14-20(26-15-27-21)28-17-6-8-18(9-7-17)32-13-12-31-2;1-12-4-3-5-14(19)17(12)25-18-20-6-7-27(18)16-8-15(21-11-22-16)24-13-9-23-26(2)10-13/h5-13,18-19H,4,14-17H2,1-3H3,(H,28,32)(H,29,30,31);4-12,15-16H,13-14H2,1-3H3,(H,25,29)(H,26,27,28);3-11,14-15H,12-13H2,1-2H3,(H,25,29)(H,26,27,28);3-11H,1-2H3,(H,20,25)(H,21,22,24). The lowest BCUT2D eigenvalue weighted by molar-refractivity contribution is 0.146. The summed E-state index contributed by atoms with van der Waals surface area (Å²) >= 11 is 12.7. The first-order chi connectivity index (χ1) is 61.5. The number of aromatic nitrogens is 18. The van der Waals surface area contributed by atoms with Crippen molar-refractivity contribution in [2.75, 3.05) is 121 Å². The maximum absolute atomic E-state index is 6.36. The number of nitrogens with one attached hydrogen (secondary N) is 8. The van der Waals surface area contributed by atoms with Crippen molar-refractivity contribution in [2.45, 2.75) is 48.5 Å². The first-order valence-electron chi connectivity index (χ1n) is 40.7. The minimum atomic E-state index is 0.507. The molecule has 1 fully saturated rings. The quantitative estimate of drug-likeness (QED) is 0.0194. The van der Waals surface area contributed by atoms with E-state index in [1.807, 2.05) is 185 Å². The molecule has 644 valence electrons. The van der Waals surface area contributed by atoms with Crippen LogP contribution in [0.4, 0.5) is 98.3 Å². The Labute approximate surface area is 740 Å². The van der Waals surface area contributed by atoms with Gasteiger partial charge in [0, 0.05) is 162 Å². The number of benzene rings is 7. The molecule has 0 unspecified atom stereocenters. The second kappa shape index (κ2) is 42.8. The molecule has 16 aromatic rings. The van der Waals surface area contributed by atoms with E-state index in [9.17, 15) is 0 Å². The molecule has 0 amide bonds. The van der Waals surface area contributed by atoms with Crippen LogP contribution < -0.4 is 56.9 Å². The van der Waals surface area contributed by atoms with Crippen LogP contribution in [-0.2, 0) is 16.5 Å². The molecule has 1 saturated heterocycles. The van der Waals surface area contributed by atoms with Crippen molar-refractivity contribution in [2.24, 2.45) is 7.05 Å². The van der Waals surface area contributed by atoms with E-state index in [0.717, 1.165) is 124 Å². The highest BCUT2D eigenvalue weighted by molar-refractivity contribution is 6.34. The van der Waals surface area contributed by atoms with E-state index in [1.54, 1.807) is 56.2 Å².